The highest BCUT2D eigenvalue weighted by Gasteiger charge is 2.70. The van der Waals surface area contributed by atoms with E-state index in [0.29, 0.717) is 39.4 Å². The summed E-state index contributed by atoms with van der Waals surface area (Å²) in [5.74, 6) is 3.39. The third kappa shape index (κ3) is 2.72. The highest BCUT2D eigenvalue weighted by molar-refractivity contribution is 5.21. The van der Waals surface area contributed by atoms with E-state index < -0.39 is 0 Å². The molecule has 0 aromatic rings. The summed E-state index contributed by atoms with van der Waals surface area (Å²) in [5, 5.41) is 20.9. The van der Waals surface area contributed by atoms with Crippen LogP contribution >= 0.6 is 0 Å². The monoisotopic (exact) mass is 442 g/mol. The molecule has 182 valence electrons. The average Bonchev–Trinajstić information content (AvgIpc) is 3.09. The van der Waals surface area contributed by atoms with E-state index in [9.17, 15) is 10.2 Å². The van der Waals surface area contributed by atoms with Gasteiger partial charge in [0.15, 0.2) is 0 Å². The highest BCUT2D eigenvalue weighted by Crippen LogP contribution is 2.77. The minimum Gasteiger partial charge on any atom is -0.393 e. The summed E-state index contributed by atoms with van der Waals surface area (Å²) in [5.41, 5.74) is 2.70. The lowest BCUT2D eigenvalue weighted by atomic mass is 9.32. The van der Waals surface area contributed by atoms with Crippen molar-refractivity contribution in [1.82, 2.24) is 0 Å². The zero-order valence-corrected chi connectivity index (χ0v) is 21.8. The van der Waals surface area contributed by atoms with Gasteiger partial charge in [-0.15, -0.1) is 0 Å². The molecular formula is C30H50O2. The first-order valence-electron chi connectivity index (χ1n) is 13.8. The van der Waals surface area contributed by atoms with Crippen LogP contribution in [0.25, 0.3) is 0 Å². The van der Waals surface area contributed by atoms with Crippen molar-refractivity contribution in [2.24, 2.45) is 56.7 Å². The Morgan fingerprint density at radius 3 is 2.19 bits per heavy atom. The normalized spacial score (nSPS) is 56.5. The molecule has 5 saturated carbocycles. The van der Waals surface area contributed by atoms with Crippen molar-refractivity contribution in [3.05, 3.63) is 12.2 Å². The summed E-state index contributed by atoms with van der Waals surface area (Å²) in [7, 11) is 0. The van der Waals surface area contributed by atoms with E-state index in [1.807, 2.05) is 0 Å². The minimum absolute atomic E-state index is 0.0344. The van der Waals surface area contributed by atoms with E-state index >= 15 is 0 Å². The van der Waals surface area contributed by atoms with Gasteiger partial charge in [0.25, 0.3) is 0 Å². The Hall–Kier alpha value is -0.340. The minimum atomic E-state index is -0.143. The number of rotatable bonds is 2. The van der Waals surface area contributed by atoms with Crippen LogP contribution in [0.1, 0.15) is 106 Å². The van der Waals surface area contributed by atoms with Crippen LogP contribution in [0.5, 0.6) is 0 Å². The van der Waals surface area contributed by atoms with Gasteiger partial charge in [-0.1, -0.05) is 48.1 Å². The predicted molar refractivity (Wildman–Crippen MR) is 132 cm³/mol. The van der Waals surface area contributed by atoms with Gasteiger partial charge in [-0.05, 0) is 126 Å². The van der Waals surface area contributed by atoms with Crippen LogP contribution in [0.2, 0.25) is 0 Å². The zero-order valence-electron chi connectivity index (χ0n) is 21.8. The summed E-state index contributed by atoms with van der Waals surface area (Å²) >= 11 is 0. The summed E-state index contributed by atoms with van der Waals surface area (Å²) in [6, 6.07) is 0. The van der Waals surface area contributed by atoms with Crippen molar-refractivity contribution in [3.8, 4) is 0 Å². The molecule has 0 radical (unpaired) electrons. The Morgan fingerprint density at radius 2 is 1.50 bits per heavy atom. The number of fused-ring (bicyclic) bond motifs is 7. The molecule has 0 aromatic heterocycles. The van der Waals surface area contributed by atoms with Gasteiger partial charge < -0.3 is 10.2 Å². The quantitative estimate of drug-likeness (QED) is 0.452. The molecule has 1 unspecified atom stereocenters. The molecule has 5 aliphatic carbocycles. The van der Waals surface area contributed by atoms with Gasteiger partial charge in [0, 0.05) is 0 Å². The summed E-state index contributed by atoms with van der Waals surface area (Å²) in [4.78, 5) is 0. The number of aliphatic hydroxyl groups excluding tert-OH is 2. The van der Waals surface area contributed by atoms with Crippen LogP contribution in [0, 0.1) is 56.7 Å². The molecule has 2 N–H and O–H groups in total. The Kier molecular flexibility index (Phi) is 5.19. The third-order valence-electron chi connectivity index (χ3n) is 13.6. The van der Waals surface area contributed by atoms with Gasteiger partial charge in [0.1, 0.15) is 0 Å². The molecule has 0 bridgehead atoms. The Balaban J connectivity index is 1.53. The van der Waals surface area contributed by atoms with Gasteiger partial charge in [0.05, 0.1) is 12.7 Å². The molecule has 0 heterocycles. The maximum atomic E-state index is 10.9. The van der Waals surface area contributed by atoms with Crippen molar-refractivity contribution >= 4 is 0 Å². The molecule has 0 spiro atoms. The Bertz CT molecular complexity index is 786. The van der Waals surface area contributed by atoms with E-state index in [0.717, 1.165) is 23.8 Å². The van der Waals surface area contributed by atoms with Gasteiger partial charge >= 0.3 is 0 Å². The number of hydrogen-bond donors (Lipinski definition) is 2. The van der Waals surface area contributed by atoms with Gasteiger partial charge in [-0.25, -0.2) is 0 Å². The fourth-order valence-corrected chi connectivity index (χ4v) is 11.5. The predicted octanol–water partition coefficient (Wildman–Crippen LogP) is 7.00. The van der Waals surface area contributed by atoms with E-state index in [2.05, 4.69) is 48.1 Å². The van der Waals surface area contributed by atoms with Crippen LogP contribution in [0.4, 0.5) is 0 Å². The maximum Gasteiger partial charge on any atom is 0.0641 e. The van der Waals surface area contributed by atoms with Crippen LogP contribution < -0.4 is 0 Å². The first-order valence-corrected chi connectivity index (χ1v) is 13.8. The van der Waals surface area contributed by atoms with Crippen molar-refractivity contribution in [1.29, 1.82) is 0 Å². The van der Waals surface area contributed by atoms with E-state index in [-0.39, 0.29) is 18.1 Å². The second kappa shape index (κ2) is 7.09. The second-order valence-corrected chi connectivity index (χ2v) is 14.7. The van der Waals surface area contributed by atoms with Crippen molar-refractivity contribution in [3.63, 3.8) is 0 Å². The second-order valence-electron chi connectivity index (χ2n) is 14.7. The third-order valence-corrected chi connectivity index (χ3v) is 13.6. The topological polar surface area (TPSA) is 40.5 Å². The maximum absolute atomic E-state index is 10.9. The zero-order chi connectivity index (χ0) is 23.3. The van der Waals surface area contributed by atoms with E-state index in [1.54, 1.807) is 0 Å². The van der Waals surface area contributed by atoms with Crippen LogP contribution in [0.3, 0.4) is 0 Å². The molecular weight excluding hydrogens is 392 g/mol. The lowest BCUT2D eigenvalue weighted by Crippen LogP contribution is -2.66. The molecule has 2 heteroatoms. The van der Waals surface area contributed by atoms with Gasteiger partial charge in [-0.3, -0.25) is 0 Å². The fourth-order valence-electron chi connectivity index (χ4n) is 11.5. The first kappa shape index (κ1) is 23.4. The van der Waals surface area contributed by atoms with Crippen molar-refractivity contribution in [2.75, 3.05) is 6.61 Å². The fraction of sp³-hybridized carbons (Fsp3) is 0.933. The Morgan fingerprint density at radius 1 is 0.781 bits per heavy atom. The Labute approximate surface area is 197 Å². The van der Waals surface area contributed by atoms with Gasteiger partial charge in [0.2, 0.25) is 0 Å². The molecule has 5 rings (SSSR count). The smallest absolute Gasteiger partial charge is 0.0641 e. The molecule has 0 amide bonds. The highest BCUT2D eigenvalue weighted by atomic mass is 16.3. The molecule has 5 aliphatic rings. The van der Waals surface area contributed by atoms with E-state index in [1.165, 1.54) is 57.8 Å². The van der Waals surface area contributed by atoms with E-state index in [4.69, 9.17) is 0 Å². The molecule has 0 aromatic carbocycles. The SMILES string of the molecule is C=C(CO)[C@@H]1CC[C@]2(C)CC[C@]3(C)[C@H](CC[C@@H]4[C@@]5(C)CC[C@H](O)C(C)(C)C5CC[C@]43C)[C@@H]12. The summed E-state index contributed by atoms with van der Waals surface area (Å²) < 4.78 is 0. The molecule has 0 aliphatic heterocycles. The molecule has 2 nitrogen and oxygen atoms in total. The molecule has 10 atom stereocenters. The van der Waals surface area contributed by atoms with Crippen LogP contribution in [-0.2, 0) is 0 Å². The molecule has 5 fully saturated rings. The van der Waals surface area contributed by atoms with Gasteiger partial charge in [-0.2, -0.15) is 0 Å². The summed E-state index contributed by atoms with van der Waals surface area (Å²) in [6.07, 6.45) is 12.7. The number of aliphatic hydroxyl groups is 2. The van der Waals surface area contributed by atoms with Crippen LogP contribution in [-0.4, -0.2) is 22.9 Å². The van der Waals surface area contributed by atoms with Crippen LogP contribution in [0.15, 0.2) is 12.2 Å². The standard InChI is InChI=1S/C30H50O2/c1-19(18-31)20-10-13-27(4)16-17-29(6)21(25(20)27)8-9-23-28(5)14-12-24(32)26(2,3)22(28)11-15-30(23,29)7/h20-25,31-32H,1,8-18H2,2-7H3/t20-,21+,22?,23+,24-,25+,27+,28-,29+,30+/m0/s1. The molecule has 32 heavy (non-hydrogen) atoms. The lowest BCUT2D eigenvalue weighted by Gasteiger charge is -2.73. The first-order chi connectivity index (χ1) is 14.8. The summed E-state index contributed by atoms with van der Waals surface area (Å²) in [6.45, 7) is 19.8. The lowest BCUT2D eigenvalue weighted by molar-refractivity contribution is -0.246. The van der Waals surface area contributed by atoms with Crippen molar-refractivity contribution in [2.45, 2.75) is 112 Å². The largest absolute Gasteiger partial charge is 0.393 e. The average molecular weight is 443 g/mol. The molecule has 0 saturated heterocycles. The number of hydrogen-bond acceptors (Lipinski definition) is 2. The van der Waals surface area contributed by atoms with Crippen molar-refractivity contribution < 1.29 is 10.2 Å².